The molecular formula is C17H20ClN3OS. The molecule has 1 aromatic heterocycles. The zero-order valence-electron chi connectivity index (χ0n) is 13.1. The van der Waals surface area contributed by atoms with E-state index in [1.807, 2.05) is 31.2 Å². The van der Waals surface area contributed by atoms with Crippen molar-refractivity contribution in [3.8, 4) is 0 Å². The highest BCUT2D eigenvalue weighted by molar-refractivity contribution is 7.84. The summed E-state index contributed by atoms with van der Waals surface area (Å²) < 4.78 is 15.1. The molecule has 0 bridgehead atoms. The molecule has 0 aliphatic heterocycles. The third-order valence-electron chi connectivity index (χ3n) is 4.65. The summed E-state index contributed by atoms with van der Waals surface area (Å²) in [7, 11) is -1.02. The Labute approximate surface area is 143 Å². The van der Waals surface area contributed by atoms with E-state index in [-0.39, 0.29) is 5.25 Å². The van der Waals surface area contributed by atoms with Gasteiger partial charge in [-0.25, -0.2) is 0 Å². The highest BCUT2D eigenvalue weighted by Gasteiger charge is 2.36. The molecule has 0 spiro atoms. The Morgan fingerprint density at radius 2 is 1.91 bits per heavy atom. The van der Waals surface area contributed by atoms with Crippen molar-refractivity contribution in [1.82, 2.24) is 14.8 Å². The fourth-order valence-electron chi connectivity index (χ4n) is 2.92. The highest BCUT2D eigenvalue weighted by atomic mass is 35.5. The second-order valence-electron chi connectivity index (χ2n) is 6.57. The van der Waals surface area contributed by atoms with Gasteiger partial charge in [-0.05, 0) is 50.3 Å². The number of halogens is 1. The summed E-state index contributed by atoms with van der Waals surface area (Å²) in [6, 6.07) is 8.14. The van der Waals surface area contributed by atoms with E-state index in [2.05, 4.69) is 14.8 Å². The van der Waals surface area contributed by atoms with Crippen molar-refractivity contribution in [2.24, 2.45) is 0 Å². The molecule has 0 N–H and O–H groups in total. The van der Waals surface area contributed by atoms with Crippen LogP contribution in [0, 0.1) is 0 Å². The largest absolute Gasteiger partial charge is 0.311 e. The first-order valence-corrected chi connectivity index (χ1v) is 9.96. The standard InChI is InChI=1S/C17H20ClN3OS/c1-11(12-4-6-14(18)7-5-12)23(22)10-16-19-20-17(13-2-3-13)21(16)15-8-9-15/h4-7,11,13,15H,2-3,8-10H2,1H3/t11-,23-/m1/s1. The van der Waals surface area contributed by atoms with Crippen molar-refractivity contribution in [2.45, 2.75) is 55.6 Å². The Bertz CT molecular complexity index is 735. The molecule has 1 aromatic carbocycles. The second-order valence-corrected chi connectivity index (χ2v) is 8.76. The van der Waals surface area contributed by atoms with Crippen LogP contribution < -0.4 is 0 Å². The lowest BCUT2D eigenvalue weighted by molar-refractivity contribution is 0.648. The molecule has 2 saturated carbocycles. The van der Waals surface area contributed by atoms with Gasteiger partial charge in [-0.2, -0.15) is 0 Å². The predicted molar refractivity (Wildman–Crippen MR) is 92.0 cm³/mol. The Kier molecular flexibility index (Phi) is 4.01. The maximum absolute atomic E-state index is 12.8. The predicted octanol–water partition coefficient (Wildman–Crippen LogP) is 4.15. The van der Waals surface area contributed by atoms with Crippen LogP contribution in [0.3, 0.4) is 0 Å². The summed E-state index contributed by atoms with van der Waals surface area (Å²) >= 11 is 5.93. The van der Waals surface area contributed by atoms with E-state index in [1.165, 1.54) is 25.7 Å². The van der Waals surface area contributed by atoms with Gasteiger partial charge in [0.25, 0.3) is 0 Å². The van der Waals surface area contributed by atoms with E-state index >= 15 is 0 Å². The zero-order valence-corrected chi connectivity index (χ0v) is 14.7. The molecule has 0 unspecified atom stereocenters. The van der Waals surface area contributed by atoms with E-state index in [1.54, 1.807) is 0 Å². The molecule has 6 heteroatoms. The smallest absolute Gasteiger partial charge is 0.145 e. The molecule has 0 saturated heterocycles. The van der Waals surface area contributed by atoms with E-state index < -0.39 is 10.8 Å². The van der Waals surface area contributed by atoms with E-state index in [4.69, 9.17) is 11.6 Å². The first-order valence-electron chi connectivity index (χ1n) is 8.20. The molecule has 2 aromatic rings. The average Bonchev–Trinajstić information content (AvgIpc) is 3.46. The fraction of sp³-hybridized carbons (Fsp3) is 0.529. The van der Waals surface area contributed by atoms with Gasteiger partial charge in [0.1, 0.15) is 11.6 Å². The molecule has 0 amide bonds. The lowest BCUT2D eigenvalue weighted by Crippen LogP contribution is -2.11. The number of hydrogen-bond acceptors (Lipinski definition) is 3. The molecule has 4 nitrogen and oxygen atoms in total. The minimum absolute atomic E-state index is 0.0407. The summed E-state index contributed by atoms with van der Waals surface area (Å²) in [5, 5.41) is 9.43. The Morgan fingerprint density at radius 1 is 1.22 bits per heavy atom. The van der Waals surface area contributed by atoms with E-state index in [0.717, 1.165) is 17.2 Å². The van der Waals surface area contributed by atoms with Crippen LogP contribution in [0.2, 0.25) is 5.02 Å². The quantitative estimate of drug-likeness (QED) is 0.786. The Balaban J connectivity index is 1.53. The minimum atomic E-state index is -1.02. The fourth-order valence-corrected chi connectivity index (χ4v) is 4.21. The van der Waals surface area contributed by atoms with Crippen molar-refractivity contribution >= 4 is 22.4 Å². The summed E-state index contributed by atoms with van der Waals surface area (Å²) in [6.45, 7) is 2.00. The van der Waals surface area contributed by atoms with Gasteiger partial charge >= 0.3 is 0 Å². The number of rotatable bonds is 6. The van der Waals surface area contributed by atoms with Crippen molar-refractivity contribution in [2.75, 3.05) is 0 Å². The average molecular weight is 350 g/mol. The Hall–Kier alpha value is -1.20. The van der Waals surface area contributed by atoms with Crippen molar-refractivity contribution in [1.29, 1.82) is 0 Å². The molecule has 2 aliphatic rings. The Morgan fingerprint density at radius 3 is 2.52 bits per heavy atom. The van der Waals surface area contributed by atoms with Gasteiger partial charge in [-0.3, -0.25) is 4.21 Å². The third kappa shape index (κ3) is 3.22. The maximum atomic E-state index is 12.8. The zero-order chi connectivity index (χ0) is 16.0. The molecule has 4 rings (SSSR count). The first-order chi connectivity index (χ1) is 11.1. The summed E-state index contributed by atoms with van der Waals surface area (Å²) in [4.78, 5) is 0. The maximum Gasteiger partial charge on any atom is 0.145 e. The van der Waals surface area contributed by atoms with Crippen LogP contribution in [0.1, 0.15) is 67.0 Å². The molecule has 0 radical (unpaired) electrons. The van der Waals surface area contributed by atoms with Gasteiger partial charge in [-0.1, -0.05) is 23.7 Å². The van der Waals surface area contributed by atoms with Gasteiger partial charge < -0.3 is 4.57 Å². The second kappa shape index (κ2) is 6.02. The molecule has 2 fully saturated rings. The number of benzene rings is 1. The normalized spacial score (nSPS) is 20.4. The van der Waals surface area contributed by atoms with Crippen LogP contribution in [0.15, 0.2) is 24.3 Å². The lowest BCUT2D eigenvalue weighted by Gasteiger charge is -2.13. The molecule has 122 valence electrons. The number of hydrogen-bond donors (Lipinski definition) is 0. The van der Waals surface area contributed by atoms with E-state index in [0.29, 0.717) is 22.7 Å². The van der Waals surface area contributed by atoms with Crippen LogP contribution in [0.25, 0.3) is 0 Å². The van der Waals surface area contributed by atoms with Gasteiger partial charge in [0.05, 0.1) is 11.0 Å². The first kappa shape index (κ1) is 15.3. The minimum Gasteiger partial charge on any atom is -0.311 e. The van der Waals surface area contributed by atoms with Crippen LogP contribution in [-0.4, -0.2) is 19.0 Å². The molecular weight excluding hydrogens is 330 g/mol. The summed E-state index contributed by atoms with van der Waals surface area (Å²) in [6.07, 6.45) is 4.83. The molecule has 2 atom stereocenters. The lowest BCUT2D eigenvalue weighted by atomic mass is 10.2. The summed E-state index contributed by atoms with van der Waals surface area (Å²) in [5.41, 5.74) is 1.05. The van der Waals surface area contributed by atoms with Crippen LogP contribution >= 0.6 is 11.6 Å². The number of nitrogens with zero attached hydrogens (tertiary/aromatic N) is 3. The molecule has 23 heavy (non-hydrogen) atoms. The number of aromatic nitrogens is 3. The van der Waals surface area contributed by atoms with Gasteiger partial charge in [0.15, 0.2) is 0 Å². The van der Waals surface area contributed by atoms with Crippen LogP contribution in [-0.2, 0) is 16.6 Å². The van der Waals surface area contributed by atoms with Crippen LogP contribution in [0.5, 0.6) is 0 Å². The molecule has 1 heterocycles. The van der Waals surface area contributed by atoms with Crippen molar-refractivity contribution in [3.05, 3.63) is 46.5 Å². The van der Waals surface area contributed by atoms with Gasteiger partial charge in [0.2, 0.25) is 0 Å². The third-order valence-corrected chi connectivity index (χ3v) is 6.51. The van der Waals surface area contributed by atoms with Gasteiger partial charge in [0, 0.05) is 27.8 Å². The monoisotopic (exact) mass is 349 g/mol. The van der Waals surface area contributed by atoms with Crippen molar-refractivity contribution < 1.29 is 4.21 Å². The highest BCUT2D eigenvalue weighted by Crippen LogP contribution is 2.45. The molecule has 2 aliphatic carbocycles. The van der Waals surface area contributed by atoms with Crippen LogP contribution in [0.4, 0.5) is 0 Å². The van der Waals surface area contributed by atoms with E-state index in [9.17, 15) is 4.21 Å². The summed E-state index contributed by atoms with van der Waals surface area (Å²) in [5.74, 6) is 3.08. The van der Waals surface area contributed by atoms with Crippen molar-refractivity contribution in [3.63, 3.8) is 0 Å². The SMILES string of the molecule is C[C@H](c1ccc(Cl)cc1)[S@](=O)Cc1nnc(C2CC2)n1C1CC1. The van der Waals surface area contributed by atoms with Gasteiger partial charge in [-0.15, -0.1) is 10.2 Å². The topological polar surface area (TPSA) is 47.8 Å².